The van der Waals surface area contributed by atoms with E-state index in [0.717, 1.165) is 34.9 Å². The Morgan fingerprint density at radius 2 is 0.676 bits per heavy atom. The molecule has 0 saturated heterocycles. The van der Waals surface area contributed by atoms with Gasteiger partial charge in [-0.05, 0) is 239 Å². The highest BCUT2D eigenvalue weighted by Crippen LogP contribution is 2.31. The average Bonchev–Trinajstić information content (AvgIpc) is 3.26. The molecule has 6 rings (SSSR count). The van der Waals surface area contributed by atoms with Crippen LogP contribution in [-0.4, -0.2) is 11.0 Å². The Bertz CT molecular complexity index is 2160. The molecule has 0 bridgehead atoms. The Morgan fingerprint density at radius 1 is 0.353 bits per heavy atom. The summed E-state index contributed by atoms with van der Waals surface area (Å²) in [5.74, 6) is 1.86. The van der Waals surface area contributed by atoms with Crippen LogP contribution in [0.2, 0.25) is 10.0 Å². The second-order valence-corrected chi connectivity index (χ2v) is 20.1. The zero-order valence-corrected chi connectivity index (χ0v) is 48.3. The lowest BCUT2D eigenvalue weighted by molar-refractivity contribution is 0.792. The van der Waals surface area contributed by atoms with Crippen molar-refractivity contribution in [3.8, 4) is 0 Å². The first-order chi connectivity index (χ1) is 30.8. The zero-order valence-electron chi connectivity index (χ0n) is 46.8. The van der Waals surface area contributed by atoms with Gasteiger partial charge < -0.3 is 11.0 Å². The van der Waals surface area contributed by atoms with Gasteiger partial charge >= 0.3 is 0 Å². The number of halogens is 2. The van der Waals surface area contributed by atoms with E-state index in [1.165, 1.54) is 100 Å². The summed E-state index contributed by atoms with van der Waals surface area (Å²) in [6.07, 6.45) is 3.47. The van der Waals surface area contributed by atoms with E-state index in [1.807, 2.05) is 25.1 Å². The summed E-state index contributed by atoms with van der Waals surface area (Å²) in [7, 11) is 0. The third-order valence-corrected chi connectivity index (χ3v) is 14.1. The molecule has 0 heterocycles. The fourth-order valence-electron chi connectivity index (χ4n) is 7.80. The van der Waals surface area contributed by atoms with Crippen LogP contribution in [-0.2, 0) is 19.3 Å². The minimum absolute atomic E-state index is 0. The maximum Gasteiger partial charge on any atom is 0.0450 e. The Hall–Kier alpha value is -4.18. The van der Waals surface area contributed by atoms with Crippen molar-refractivity contribution in [3.63, 3.8) is 0 Å². The molecule has 0 aliphatic heterocycles. The van der Waals surface area contributed by atoms with Gasteiger partial charge in [0.05, 0.1) is 0 Å². The van der Waals surface area contributed by atoms with E-state index >= 15 is 0 Å². The summed E-state index contributed by atoms with van der Waals surface area (Å²) in [6.45, 7) is 48.3. The number of benzene rings is 6. The summed E-state index contributed by atoms with van der Waals surface area (Å²) >= 11 is 11.5. The molecule has 0 aliphatic rings. The van der Waals surface area contributed by atoms with E-state index in [1.54, 1.807) is 0 Å². The van der Waals surface area contributed by atoms with Gasteiger partial charge in [-0.3, -0.25) is 0 Å². The molecule has 6 aromatic rings. The molecule has 4 heteroatoms. The normalized spacial score (nSPS) is 10.1. The SMILES string of the molecule is CCc1cc(CC)c(C)c(CC)c1.Cc1c(C(C)C)cc(C(C)C)cc1C(C)C.Cc1c(Cl)cccc1Cl.Cc1cc(C)c(C)c(C)c1.Cc1cccc(C)c1C.Cc1cccc(C)c1C.O.O. The summed E-state index contributed by atoms with van der Waals surface area (Å²) in [6, 6.07) is 32.2. The van der Waals surface area contributed by atoms with E-state index in [0.29, 0.717) is 17.8 Å². The predicted octanol–water partition coefficient (Wildman–Crippen LogP) is 18.8. The third-order valence-electron chi connectivity index (χ3n) is 13.3. The highest BCUT2D eigenvalue weighted by atomic mass is 35.5. The van der Waals surface area contributed by atoms with Crippen molar-refractivity contribution in [3.05, 3.63) is 207 Å². The van der Waals surface area contributed by atoms with Gasteiger partial charge in [-0.15, -0.1) is 0 Å². The van der Waals surface area contributed by atoms with Gasteiger partial charge in [0.15, 0.2) is 0 Å². The molecule has 376 valence electrons. The van der Waals surface area contributed by atoms with Crippen LogP contribution in [0.1, 0.15) is 186 Å². The standard InChI is InChI=1S/C16H26.C13H20.C10H14.2C9H12.C7H6Cl2.2H2O/c1-10(2)14-8-15(11(3)4)13(7)16(9-14)12(5)6;1-5-11-8-12(6-2)10(4)13(7-3)9-11;1-7-5-8(2)10(4)9(3)6-7;2*1-7-5-4-6-8(2)9(7)3;1-5-6(8)3-2-4-7(5)9;;/h8-12H,1-7H3;8-9H,5-7H2,1-4H3;5-6H,1-4H3;2*4-6H,1-3H3;2-4H,1H3;2*1H2. The lowest BCUT2D eigenvalue weighted by Gasteiger charge is -2.20. The third kappa shape index (κ3) is 21.2. The van der Waals surface area contributed by atoms with Crippen LogP contribution in [0.4, 0.5) is 0 Å². The van der Waals surface area contributed by atoms with Crippen molar-refractivity contribution in [1.29, 1.82) is 0 Å². The molecule has 0 unspecified atom stereocenters. The maximum absolute atomic E-state index is 5.73. The van der Waals surface area contributed by atoms with Crippen LogP contribution in [0.25, 0.3) is 0 Å². The van der Waals surface area contributed by atoms with Crippen molar-refractivity contribution in [2.24, 2.45) is 0 Å². The molecule has 0 fully saturated rings. The lowest BCUT2D eigenvalue weighted by Crippen LogP contribution is -2.03. The van der Waals surface area contributed by atoms with Crippen molar-refractivity contribution < 1.29 is 11.0 Å². The van der Waals surface area contributed by atoms with Crippen LogP contribution in [0.3, 0.4) is 0 Å². The summed E-state index contributed by atoms with van der Waals surface area (Å²) < 4.78 is 0. The molecular formula is C64H94Cl2O2. The number of hydrogen-bond acceptors (Lipinski definition) is 0. The van der Waals surface area contributed by atoms with Gasteiger partial charge in [0.1, 0.15) is 0 Å². The monoisotopic (exact) mass is 965 g/mol. The first kappa shape index (κ1) is 65.9. The van der Waals surface area contributed by atoms with Crippen LogP contribution < -0.4 is 0 Å². The molecule has 4 N–H and O–H groups in total. The maximum atomic E-state index is 5.73. The molecule has 0 atom stereocenters. The Morgan fingerprint density at radius 3 is 0.941 bits per heavy atom. The Kier molecular flexibility index (Phi) is 31.6. The largest absolute Gasteiger partial charge is 0.412 e. The van der Waals surface area contributed by atoms with E-state index < -0.39 is 0 Å². The van der Waals surface area contributed by atoms with Crippen molar-refractivity contribution in [2.45, 2.75) is 189 Å². The second-order valence-electron chi connectivity index (χ2n) is 19.3. The molecular weight excluding hydrogens is 872 g/mol. The first-order valence-corrected chi connectivity index (χ1v) is 25.3. The molecule has 0 aliphatic carbocycles. The topological polar surface area (TPSA) is 63.0 Å². The Balaban J connectivity index is 0. The first-order valence-electron chi connectivity index (χ1n) is 24.6. The molecule has 0 radical (unpaired) electrons. The molecule has 0 aromatic heterocycles. The fourth-order valence-corrected chi connectivity index (χ4v) is 8.19. The number of aryl methyl sites for hydroxylation is 10. The highest BCUT2D eigenvalue weighted by Gasteiger charge is 2.14. The van der Waals surface area contributed by atoms with Gasteiger partial charge in [-0.1, -0.05) is 170 Å². The number of rotatable bonds is 6. The van der Waals surface area contributed by atoms with Gasteiger partial charge in [0.2, 0.25) is 0 Å². The van der Waals surface area contributed by atoms with Gasteiger partial charge in [-0.2, -0.15) is 0 Å². The predicted molar refractivity (Wildman–Crippen MR) is 308 cm³/mol. The molecule has 6 aromatic carbocycles. The Labute approximate surface area is 428 Å². The van der Waals surface area contributed by atoms with Crippen molar-refractivity contribution in [2.75, 3.05) is 0 Å². The van der Waals surface area contributed by atoms with Crippen LogP contribution >= 0.6 is 23.2 Å². The second kappa shape index (κ2) is 32.6. The molecule has 0 saturated carbocycles. The van der Waals surface area contributed by atoms with E-state index in [2.05, 4.69) is 218 Å². The molecule has 0 spiro atoms. The summed E-state index contributed by atoms with van der Waals surface area (Å²) in [4.78, 5) is 0. The van der Waals surface area contributed by atoms with Crippen molar-refractivity contribution in [1.82, 2.24) is 0 Å². The smallest absolute Gasteiger partial charge is 0.0450 e. The summed E-state index contributed by atoms with van der Waals surface area (Å²) in [5.41, 5.74) is 27.0. The van der Waals surface area contributed by atoms with Gasteiger partial charge in [0, 0.05) is 10.0 Å². The van der Waals surface area contributed by atoms with Crippen LogP contribution in [0, 0.1) is 90.0 Å². The molecule has 2 nitrogen and oxygen atoms in total. The fraction of sp³-hybridized carbons (Fsp3) is 0.438. The van der Waals surface area contributed by atoms with Crippen LogP contribution in [0.15, 0.2) is 91.0 Å². The van der Waals surface area contributed by atoms with Gasteiger partial charge in [0.25, 0.3) is 0 Å². The van der Waals surface area contributed by atoms with Crippen LogP contribution in [0.5, 0.6) is 0 Å². The van der Waals surface area contributed by atoms with E-state index in [9.17, 15) is 0 Å². The van der Waals surface area contributed by atoms with Crippen molar-refractivity contribution >= 4 is 23.2 Å². The number of hydrogen-bond donors (Lipinski definition) is 0. The molecule has 0 amide bonds. The summed E-state index contributed by atoms with van der Waals surface area (Å²) in [5, 5.41) is 1.45. The average molecular weight is 966 g/mol. The van der Waals surface area contributed by atoms with Gasteiger partial charge in [-0.25, -0.2) is 0 Å². The quantitative estimate of drug-likeness (QED) is 0.160. The lowest BCUT2D eigenvalue weighted by atomic mass is 9.85. The minimum Gasteiger partial charge on any atom is -0.412 e. The highest BCUT2D eigenvalue weighted by molar-refractivity contribution is 6.35. The van der Waals surface area contributed by atoms with E-state index in [-0.39, 0.29) is 11.0 Å². The molecule has 68 heavy (non-hydrogen) atoms. The minimum atomic E-state index is 0. The zero-order chi connectivity index (χ0) is 50.6. The van der Waals surface area contributed by atoms with E-state index in [4.69, 9.17) is 23.2 Å².